The van der Waals surface area contributed by atoms with Gasteiger partial charge in [0.05, 0.1) is 24.1 Å². The SMILES string of the molecule is C[C@H]1CN([C@@H](C)CO)C(=O)c2cc(-c3cccc(C(=O)N(C)C)c3)cnc2O[C@@H]1CN(C)S(=O)(=O)c1ccccc1. The predicted octanol–water partition coefficient (Wildman–Crippen LogP) is 2.99. The van der Waals surface area contributed by atoms with E-state index in [2.05, 4.69) is 4.98 Å². The molecule has 0 saturated carbocycles. The maximum absolute atomic E-state index is 13.8. The van der Waals surface area contributed by atoms with Gasteiger partial charge in [-0.25, -0.2) is 13.4 Å². The summed E-state index contributed by atoms with van der Waals surface area (Å²) in [5, 5.41) is 9.94. The minimum Gasteiger partial charge on any atom is -0.472 e. The van der Waals surface area contributed by atoms with E-state index in [1.807, 2.05) is 13.0 Å². The van der Waals surface area contributed by atoms with Crippen LogP contribution in [0.4, 0.5) is 0 Å². The van der Waals surface area contributed by atoms with Gasteiger partial charge in [-0.3, -0.25) is 9.59 Å². The number of aliphatic hydroxyl groups is 1. The fraction of sp³-hybridized carbons (Fsp3) is 0.367. The number of amides is 2. The van der Waals surface area contributed by atoms with Crippen molar-refractivity contribution in [2.45, 2.75) is 30.9 Å². The van der Waals surface area contributed by atoms with Crippen molar-refractivity contribution in [1.29, 1.82) is 0 Å². The third kappa shape index (κ3) is 6.42. The quantitative estimate of drug-likeness (QED) is 0.435. The molecule has 0 fully saturated rings. The van der Waals surface area contributed by atoms with E-state index in [1.54, 1.807) is 74.6 Å². The maximum Gasteiger partial charge on any atom is 0.259 e. The molecule has 1 aliphatic heterocycles. The second-order valence-electron chi connectivity index (χ2n) is 10.6. The van der Waals surface area contributed by atoms with Crippen molar-refractivity contribution in [1.82, 2.24) is 19.1 Å². The Labute approximate surface area is 241 Å². The first-order valence-electron chi connectivity index (χ1n) is 13.4. The maximum atomic E-state index is 13.8. The highest BCUT2D eigenvalue weighted by Crippen LogP contribution is 2.31. The molecule has 2 aromatic carbocycles. The van der Waals surface area contributed by atoms with Crippen molar-refractivity contribution in [3.8, 4) is 17.0 Å². The summed E-state index contributed by atoms with van der Waals surface area (Å²) in [6.45, 7) is 3.64. The summed E-state index contributed by atoms with van der Waals surface area (Å²) in [5.41, 5.74) is 1.99. The van der Waals surface area contributed by atoms with Crippen LogP contribution in [0, 0.1) is 5.92 Å². The number of pyridine rings is 1. The largest absolute Gasteiger partial charge is 0.472 e. The van der Waals surface area contributed by atoms with Crippen LogP contribution in [0.5, 0.6) is 5.88 Å². The molecule has 0 aliphatic carbocycles. The topological polar surface area (TPSA) is 120 Å². The van der Waals surface area contributed by atoms with E-state index in [0.717, 1.165) is 0 Å². The molecule has 11 heteroatoms. The van der Waals surface area contributed by atoms with Gasteiger partial charge in [0.1, 0.15) is 11.7 Å². The zero-order valence-corrected chi connectivity index (χ0v) is 24.7. The number of carbonyl (C=O) groups is 2. The van der Waals surface area contributed by atoms with Crippen LogP contribution in [0.25, 0.3) is 11.1 Å². The van der Waals surface area contributed by atoms with Gasteiger partial charge in [0.25, 0.3) is 11.8 Å². The molecule has 41 heavy (non-hydrogen) atoms. The number of benzene rings is 2. The Morgan fingerprint density at radius 3 is 2.46 bits per heavy atom. The molecule has 218 valence electrons. The van der Waals surface area contributed by atoms with Gasteiger partial charge in [0.2, 0.25) is 15.9 Å². The molecule has 0 radical (unpaired) electrons. The van der Waals surface area contributed by atoms with E-state index in [4.69, 9.17) is 4.74 Å². The Hall–Kier alpha value is -3.80. The van der Waals surface area contributed by atoms with E-state index >= 15 is 0 Å². The summed E-state index contributed by atoms with van der Waals surface area (Å²) in [6, 6.07) is 16.4. The zero-order chi connectivity index (χ0) is 29.9. The molecule has 3 atom stereocenters. The van der Waals surface area contributed by atoms with Crippen LogP contribution in [0.15, 0.2) is 71.8 Å². The summed E-state index contributed by atoms with van der Waals surface area (Å²) >= 11 is 0. The molecular formula is C30H36N4O6S. The lowest BCUT2D eigenvalue weighted by atomic mass is 9.99. The number of rotatable bonds is 8. The van der Waals surface area contributed by atoms with E-state index < -0.39 is 22.2 Å². The number of hydrogen-bond donors (Lipinski definition) is 1. The molecule has 1 aromatic heterocycles. The fourth-order valence-electron chi connectivity index (χ4n) is 4.69. The van der Waals surface area contributed by atoms with Gasteiger partial charge < -0.3 is 19.6 Å². The number of nitrogens with zero attached hydrogens (tertiary/aromatic N) is 4. The predicted molar refractivity (Wildman–Crippen MR) is 155 cm³/mol. The van der Waals surface area contributed by atoms with Crippen LogP contribution >= 0.6 is 0 Å². The summed E-state index contributed by atoms with van der Waals surface area (Å²) < 4.78 is 34.0. The van der Waals surface area contributed by atoms with Crippen LogP contribution < -0.4 is 4.74 Å². The van der Waals surface area contributed by atoms with Crippen LogP contribution in [-0.4, -0.2) is 97.4 Å². The second-order valence-corrected chi connectivity index (χ2v) is 12.6. The van der Waals surface area contributed by atoms with E-state index in [9.17, 15) is 23.1 Å². The summed E-state index contributed by atoms with van der Waals surface area (Å²) in [5.74, 6) is -0.715. The number of aliphatic hydroxyl groups excluding tert-OH is 1. The number of carbonyl (C=O) groups excluding carboxylic acids is 2. The molecule has 2 heterocycles. The highest BCUT2D eigenvalue weighted by atomic mass is 32.2. The average Bonchev–Trinajstić information content (AvgIpc) is 2.98. The van der Waals surface area contributed by atoms with Crippen molar-refractivity contribution >= 4 is 21.8 Å². The number of ether oxygens (including phenoxy) is 1. The van der Waals surface area contributed by atoms with Crippen LogP contribution in [0.1, 0.15) is 34.6 Å². The summed E-state index contributed by atoms with van der Waals surface area (Å²) in [6.07, 6.45) is 0.928. The molecule has 10 nitrogen and oxygen atoms in total. The number of sulfonamides is 1. The minimum atomic E-state index is -3.78. The van der Waals surface area contributed by atoms with E-state index in [1.165, 1.54) is 28.4 Å². The first kappa shape index (κ1) is 30.2. The zero-order valence-electron chi connectivity index (χ0n) is 23.9. The van der Waals surface area contributed by atoms with Crippen LogP contribution in [0.2, 0.25) is 0 Å². The van der Waals surface area contributed by atoms with Crippen molar-refractivity contribution in [3.63, 3.8) is 0 Å². The highest BCUT2D eigenvalue weighted by Gasteiger charge is 2.36. The standard InChI is InChI=1S/C30H36N4O6S/c1-20-17-34(21(2)19-35)30(37)26-15-24(22-10-9-11-23(14-22)29(36)32(3)4)16-31-28(26)40-27(20)18-33(5)41(38,39)25-12-7-6-8-13-25/h6-16,20-21,27,35H,17-19H2,1-5H3/t20-,21-,27+/m0/s1. The minimum absolute atomic E-state index is 0.0193. The molecule has 1 N–H and O–H groups in total. The Kier molecular flexibility index (Phi) is 9.11. The first-order valence-corrected chi connectivity index (χ1v) is 14.8. The lowest BCUT2D eigenvalue weighted by molar-refractivity contribution is 0.0373. The summed E-state index contributed by atoms with van der Waals surface area (Å²) in [7, 11) is 1.06. The van der Waals surface area contributed by atoms with Crippen molar-refractivity contribution in [3.05, 3.63) is 78.0 Å². The lowest BCUT2D eigenvalue weighted by Gasteiger charge is -2.37. The first-order chi connectivity index (χ1) is 19.4. The van der Waals surface area contributed by atoms with Gasteiger partial charge in [0, 0.05) is 50.9 Å². The number of hydrogen-bond acceptors (Lipinski definition) is 7. The van der Waals surface area contributed by atoms with E-state index in [0.29, 0.717) is 16.7 Å². The molecule has 3 aromatic rings. The van der Waals surface area contributed by atoms with Gasteiger partial charge in [0.15, 0.2) is 0 Å². The monoisotopic (exact) mass is 580 g/mol. The molecule has 0 bridgehead atoms. The number of aromatic nitrogens is 1. The molecule has 0 saturated heterocycles. The number of likely N-dealkylation sites (N-methyl/N-ethyl adjacent to an activating group) is 1. The van der Waals surface area contributed by atoms with Crippen LogP contribution in [-0.2, 0) is 10.0 Å². The highest BCUT2D eigenvalue weighted by molar-refractivity contribution is 7.89. The van der Waals surface area contributed by atoms with Crippen LogP contribution in [0.3, 0.4) is 0 Å². The fourth-order valence-corrected chi connectivity index (χ4v) is 5.90. The van der Waals surface area contributed by atoms with Crippen molar-refractivity contribution < 1.29 is 27.9 Å². The average molecular weight is 581 g/mol. The Bertz CT molecular complexity index is 1510. The molecule has 0 unspecified atom stereocenters. The molecule has 0 spiro atoms. The second kappa shape index (κ2) is 12.4. The molecule has 2 amide bonds. The van der Waals surface area contributed by atoms with Gasteiger partial charge in [-0.05, 0) is 42.8 Å². The Balaban J connectivity index is 1.73. The van der Waals surface area contributed by atoms with Crippen molar-refractivity contribution in [2.24, 2.45) is 5.92 Å². The third-order valence-electron chi connectivity index (χ3n) is 7.26. The van der Waals surface area contributed by atoms with Crippen molar-refractivity contribution in [2.75, 3.05) is 40.8 Å². The smallest absolute Gasteiger partial charge is 0.259 e. The molecular weight excluding hydrogens is 544 g/mol. The Morgan fingerprint density at radius 2 is 1.80 bits per heavy atom. The van der Waals surface area contributed by atoms with Gasteiger partial charge in [-0.2, -0.15) is 4.31 Å². The molecule has 1 aliphatic rings. The van der Waals surface area contributed by atoms with Gasteiger partial charge in [-0.1, -0.05) is 37.3 Å². The Morgan fingerprint density at radius 1 is 1.10 bits per heavy atom. The molecule has 4 rings (SSSR count). The summed E-state index contributed by atoms with van der Waals surface area (Å²) in [4.78, 5) is 34.0. The van der Waals surface area contributed by atoms with E-state index in [-0.39, 0.29) is 53.8 Å². The van der Waals surface area contributed by atoms with Gasteiger partial charge >= 0.3 is 0 Å². The number of fused-ring (bicyclic) bond motifs is 1. The normalized spacial score (nSPS) is 18.2. The third-order valence-corrected chi connectivity index (χ3v) is 9.10. The van der Waals surface area contributed by atoms with Gasteiger partial charge in [-0.15, -0.1) is 0 Å². The lowest BCUT2D eigenvalue weighted by Crippen LogP contribution is -2.50.